The average Bonchev–Trinajstić information content (AvgIpc) is 3.43. The number of alkyl halides is 3. The van der Waals surface area contributed by atoms with Gasteiger partial charge in [-0.05, 0) is 56.3 Å². The number of carbonyl (C=O) groups is 1. The third-order valence-electron chi connectivity index (χ3n) is 5.21. The number of rotatable bonds is 5. The fourth-order valence-corrected chi connectivity index (χ4v) is 3.48. The maximum absolute atomic E-state index is 13.0. The highest BCUT2D eigenvalue weighted by molar-refractivity contribution is 5.94. The van der Waals surface area contributed by atoms with E-state index in [0.717, 1.165) is 17.8 Å². The molecule has 9 heteroatoms. The molecule has 2 aromatic carbocycles. The van der Waals surface area contributed by atoms with Crippen LogP contribution in [0.4, 0.5) is 13.2 Å². The predicted molar refractivity (Wildman–Crippen MR) is 113 cm³/mol. The zero-order chi connectivity index (χ0) is 22.9. The summed E-state index contributed by atoms with van der Waals surface area (Å²) in [7, 11) is 0. The van der Waals surface area contributed by atoms with Crippen LogP contribution in [0.25, 0.3) is 11.4 Å². The number of carbonyl (C=O) groups excluding carboxylic acids is 1. The van der Waals surface area contributed by atoms with Crippen LogP contribution in [0.2, 0.25) is 0 Å². The Bertz CT molecular complexity index is 1230. The molecular weight excluding hydrogens is 419 g/mol. The molecular formula is C23H20F3N5O. The van der Waals surface area contributed by atoms with Gasteiger partial charge in [0.2, 0.25) is 0 Å². The zero-order valence-electron chi connectivity index (χ0n) is 17.3. The van der Waals surface area contributed by atoms with Crippen LogP contribution in [0.15, 0.2) is 73.4 Å². The van der Waals surface area contributed by atoms with Crippen molar-refractivity contribution in [1.29, 1.82) is 0 Å². The molecule has 0 radical (unpaired) electrons. The first-order valence-corrected chi connectivity index (χ1v) is 9.85. The lowest BCUT2D eigenvalue weighted by atomic mass is 10.1. The minimum Gasteiger partial charge on any atom is -0.345 e. The van der Waals surface area contributed by atoms with Crippen molar-refractivity contribution in [3.05, 3.63) is 95.8 Å². The molecule has 0 saturated carbocycles. The summed E-state index contributed by atoms with van der Waals surface area (Å²) >= 11 is 0. The fourth-order valence-electron chi connectivity index (χ4n) is 3.48. The molecule has 4 rings (SSSR count). The minimum absolute atomic E-state index is 0.263. The molecule has 0 aliphatic heterocycles. The Kier molecular flexibility index (Phi) is 5.56. The van der Waals surface area contributed by atoms with Crippen LogP contribution in [0.3, 0.4) is 0 Å². The van der Waals surface area contributed by atoms with E-state index in [4.69, 9.17) is 0 Å². The summed E-state index contributed by atoms with van der Waals surface area (Å²) in [4.78, 5) is 16.7. The summed E-state index contributed by atoms with van der Waals surface area (Å²) in [5.74, 6) is -0.263. The van der Waals surface area contributed by atoms with Gasteiger partial charge in [-0.15, -0.1) is 0 Å². The highest BCUT2D eigenvalue weighted by atomic mass is 19.4. The molecule has 32 heavy (non-hydrogen) atoms. The molecule has 0 spiro atoms. The van der Waals surface area contributed by atoms with Crippen molar-refractivity contribution in [2.24, 2.45) is 0 Å². The van der Waals surface area contributed by atoms with Gasteiger partial charge in [0.15, 0.2) is 0 Å². The maximum Gasteiger partial charge on any atom is 0.416 e. The van der Waals surface area contributed by atoms with Crippen LogP contribution in [0.1, 0.15) is 40.1 Å². The number of hydrogen-bond donors (Lipinski definition) is 1. The quantitative estimate of drug-likeness (QED) is 0.482. The topological polar surface area (TPSA) is 64.7 Å². The third-order valence-corrected chi connectivity index (χ3v) is 5.21. The monoisotopic (exact) mass is 439 g/mol. The first kappa shape index (κ1) is 21.4. The van der Waals surface area contributed by atoms with Crippen LogP contribution in [-0.2, 0) is 6.18 Å². The van der Waals surface area contributed by atoms with Crippen LogP contribution in [0.5, 0.6) is 0 Å². The summed E-state index contributed by atoms with van der Waals surface area (Å²) < 4.78 is 42.4. The van der Waals surface area contributed by atoms with Crippen molar-refractivity contribution in [2.45, 2.75) is 26.1 Å². The molecule has 164 valence electrons. The predicted octanol–water partition coefficient (Wildman–Crippen LogP) is 4.88. The standard InChI is InChI=1S/C23H20F3N5O/c1-15(29-22(32)17-6-8-19(9-7-17)30-11-10-27-14-30)21-13-28-31(16(21)2)20-5-3-4-18(12-20)23(24,25)26/h3-15H,1-2H3,(H,29,32). The van der Waals surface area contributed by atoms with Gasteiger partial charge >= 0.3 is 6.18 Å². The van der Waals surface area contributed by atoms with Crippen molar-refractivity contribution in [3.8, 4) is 11.4 Å². The second-order valence-electron chi connectivity index (χ2n) is 7.36. The molecule has 6 nitrogen and oxygen atoms in total. The van der Waals surface area contributed by atoms with E-state index >= 15 is 0 Å². The number of nitrogens with one attached hydrogen (secondary N) is 1. The van der Waals surface area contributed by atoms with E-state index in [0.29, 0.717) is 22.5 Å². The number of halogens is 3. The second kappa shape index (κ2) is 8.33. The fraction of sp³-hybridized carbons (Fsp3) is 0.174. The molecule has 0 aliphatic carbocycles. The summed E-state index contributed by atoms with van der Waals surface area (Å²) in [5, 5.41) is 7.16. The van der Waals surface area contributed by atoms with Crippen LogP contribution < -0.4 is 5.32 Å². The molecule has 0 saturated heterocycles. The van der Waals surface area contributed by atoms with Crippen molar-refractivity contribution < 1.29 is 18.0 Å². The Morgan fingerprint density at radius 3 is 2.50 bits per heavy atom. The second-order valence-corrected chi connectivity index (χ2v) is 7.36. The highest BCUT2D eigenvalue weighted by Gasteiger charge is 2.30. The highest BCUT2D eigenvalue weighted by Crippen LogP contribution is 2.31. The Hall–Kier alpha value is -3.88. The largest absolute Gasteiger partial charge is 0.416 e. The normalized spacial score (nSPS) is 12.5. The van der Waals surface area contributed by atoms with Gasteiger partial charge in [-0.2, -0.15) is 18.3 Å². The number of aromatic nitrogens is 4. The lowest BCUT2D eigenvalue weighted by molar-refractivity contribution is -0.137. The van der Waals surface area contributed by atoms with Gasteiger partial charge in [-0.1, -0.05) is 6.07 Å². The minimum atomic E-state index is -4.44. The first-order chi connectivity index (χ1) is 15.2. The van der Waals surface area contributed by atoms with Gasteiger partial charge in [0.25, 0.3) is 5.91 Å². The molecule has 1 amide bonds. The van der Waals surface area contributed by atoms with Gasteiger partial charge in [0, 0.05) is 34.9 Å². The van der Waals surface area contributed by atoms with Gasteiger partial charge in [-0.25, -0.2) is 9.67 Å². The van der Waals surface area contributed by atoms with E-state index in [9.17, 15) is 18.0 Å². The van der Waals surface area contributed by atoms with E-state index in [1.54, 1.807) is 50.8 Å². The number of imidazole rings is 1. The summed E-state index contributed by atoms with van der Waals surface area (Å²) in [6.07, 6.45) is 2.27. The van der Waals surface area contributed by atoms with Crippen LogP contribution in [0, 0.1) is 6.92 Å². The van der Waals surface area contributed by atoms with Crippen molar-refractivity contribution >= 4 is 5.91 Å². The maximum atomic E-state index is 13.0. The van der Waals surface area contributed by atoms with E-state index in [2.05, 4.69) is 15.4 Å². The summed E-state index contributed by atoms with van der Waals surface area (Å²) in [6.45, 7) is 3.56. The average molecular weight is 439 g/mol. The number of nitrogens with zero attached hydrogens (tertiary/aromatic N) is 4. The van der Waals surface area contributed by atoms with E-state index in [1.165, 1.54) is 10.7 Å². The van der Waals surface area contributed by atoms with E-state index in [-0.39, 0.29) is 5.91 Å². The number of hydrogen-bond acceptors (Lipinski definition) is 3. The molecule has 0 bridgehead atoms. The molecule has 1 N–H and O–H groups in total. The molecule has 0 aliphatic rings. The third kappa shape index (κ3) is 4.27. The van der Waals surface area contributed by atoms with Gasteiger partial charge in [0.05, 0.1) is 29.8 Å². The molecule has 1 atom stereocenters. The lowest BCUT2D eigenvalue weighted by Gasteiger charge is -2.15. The Morgan fingerprint density at radius 2 is 1.84 bits per heavy atom. The molecule has 2 heterocycles. The van der Waals surface area contributed by atoms with Crippen molar-refractivity contribution in [1.82, 2.24) is 24.6 Å². The van der Waals surface area contributed by atoms with Gasteiger partial charge in [0.1, 0.15) is 0 Å². The number of amides is 1. The van der Waals surface area contributed by atoms with E-state index in [1.807, 2.05) is 22.9 Å². The Labute approximate surface area is 182 Å². The van der Waals surface area contributed by atoms with Crippen molar-refractivity contribution in [3.63, 3.8) is 0 Å². The molecule has 2 aromatic heterocycles. The molecule has 4 aromatic rings. The molecule has 1 unspecified atom stereocenters. The van der Waals surface area contributed by atoms with Gasteiger partial charge in [-0.3, -0.25) is 4.79 Å². The summed E-state index contributed by atoms with van der Waals surface area (Å²) in [5.41, 5.74) is 2.29. The Balaban J connectivity index is 1.50. The summed E-state index contributed by atoms with van der Waals surface area (Å²) in [6, 6.07) is 11.7. The van der Waals surface area contributed by atoms with Gasteiger partial charge < -0.3 is 9.88 Å². The lowest BCUT2D eigenvalue weighted by Crippen LogP contribution is -2.27. The smallest absolute Gasteiger partial charge is 0.345 e. The molecule has 0 fully saturated rings. The SMILES string of the molecule is Cc1c(C(C)NC(=O)c2ccc(-n3ccnc3)cc2)cnn1-c1cccc(C(F)(F)F)c1. The Morgan fingerprint density at radius 1 is 1.09 bits per heavy atom. The van der Waals surface area contributed by atoms with Crippen LogP contribution >= 0.6 is 0 Å². The van der Waals surface area contributed by atoms with E-state index < -0.39 is 17.8 Å². The van der Waals surface area contributed by atoms with Crippen molar-refractivity contribution in [2.75, 3.05) is 0 Å². The first-order valence-electron chi connectivity index (χ1n) is 9.85. The zero-order valence-corrected chi connectivity index (χ0v) is 17.3. The van der Waals surface area contributed by atoms with Crippen LogP contribution in [-0.4, -0.2) is 25.2 Å². The number of benzene rings is 2.